The molecule has 2 N–H and O–H groups in total. The zero-order valence-corrected chi connectivity index (χ0v) is 22.6. The Hall–Kier alpha value is -4.21. The van der Waals surface area contributed by atoms with E-state index in [0.29, 0.717) is 42.8 Å². The Balaban J connectivity index is 1.20. The standard InChI is InChI=1S/C31H29F3N4O3/c1-29(2)12-11-24(18-5-8-21(9-6-18)31(32,33)34)38(28(29)41)17-25(39)36-22-10-7-19-15-30(16-20(19)14-22)23-4-3-13-35-26(23)37-27(30)40/h3-10,13-14,24H,11-12,15-17H2,1-2H3,(H,36,39)(H,35,37,40)/t24-,30-/m1/s1. The SMILES string of the molecule is CC1(C)CC[C@H](c2ccc(C(F)(F)F)cc2)N(CC(=O)Nc2ccc3c(c2)C[C@@]2(C3)C(=O)Nc3ncccc32)C1=O. The number of hydrogen-bond donors (Lipinski definition) is 2. The Morgan fingerprint density at radius 1 is 1.07 bits per heavy atom. The van der Waals surface area contributed by atoms with Gasteiger partial charge in [0.25, 0.3) is 0 Å². The molecular formula is C31H29F3N4O3. The van der Waals surface area contributed by atoms with E-state index in [4.69, 9.17) is 0 Å². The topological polar surface area (TPSA) is 91.4 Å². The quantitative estimate of drug-likeness (QED) is 0.445. The molecule has 3 aliphatic rings. The number of aromatic nitrogens is 1. The third kappa shape index (κ3) is 4.65. The van der Waals surface area contributed by atoms with Crippen molar-refractivity contribution in [1.82, 2.24) is 9.88 Å². The van der Waals surface area contributed by atoms with Gasteiger partial charge in [0.15, 0.2) is 0 Å². The number of carbonyl (C=O) groups is 3. The summed E-state index contributed by atoms with van der Waals surface area (Å²) in [6, 6.07) is 13.5. The summed E-state index contributed by atoms with van der Waals surface area (Å²) in [4.78, 5) is 45.4. The first kappa shape index (κ1) is 27.0. The minimum Gasteiger partial charge on any atom is -0.326 e. The molecule has 3 heterocycles. The number of nitrogens with one attached hydrogen (secondary N) is 2. The molecule has 0 unspecified atom stereocenters. The van der Waals surface area contributed by atoms with Gasteiger partial charge in [-0.2, -0.15) is 13.2 Å². The Bertz CT molecular complexity index is 1570. The number of rotatable bonds is 4. The number of hydrogen-bond acceptors (Lipinski definition) is 4. The van der Waals surface area contributed by atoms with Crippen molar-refractivity contribution < 1.29 is 27.6 Å². The molecule has 7 nitrogen and oxygen atoms in total. The molecule has 1 spiro atoms. The van der Waals surface area contributed by atoms with E-state index in [1.165, 1.54) is 17.0 Å². The number of likely N-dealkylation sites (tertiary alicyclic amines) is 1. The van der Waals surface area contributed by atoms with Crippen LogP contribution in [0.15, 0.2) is 60.8 Å². The highest BCUT2D eigenvalue weighted by atomic mass is 19.4. The molecule has 0 radical (unpaired) electrons. The summed E-state index contributed by atoms with van der Waals surface area (Å²) >= 11 is 0. The van der Waals surface area contributed by atoms with Crippen LogP contribution in [-0.2, 0) is 38.8 Å². The molecule has 6 rings (SSSR count). The second kappa shape index (κ2) is 9.43. The van der Waals surface area contributed by atoms with Crippen LogP contribution in [0, 0.1) is 5.41 Å². The second-order valence-electron chi connectivity index (χ2n) is 11.8. The van der Waals surface area contributed by atoms with E-state index >= 15 is 0 Å². The maximum atomic E-state index is 13.4. The third-order valence-electron chi connectivity index (χ3n) is 8.66. The average molecular weight is 563 g/mol. The zero-order chi connectivity index (χ0) is 29.2. The van der Waals surface area contributed by atoms with Gasteiger partial charge in [-0.15, -0.1) is 0 Å². The van der Waals surface area contributed by atoms with Crippen molar-refractivity contribution in [2.75, 3.05) is 17.2 Å². The minimum absolute atomic E-state index is 0.0893. The number of benzene rings is 2. The smallest absolute Gasteiger partial charge is 0.326 e. The van der Waals surface area contributed by atoms with Crippen LogP contribution in [0.3, 0.4) is 0 Å². The number of fused-ring (bicyclic) bond motifs is 3. The van der Waals surface area contributed by atoms with Gasteiger partial charge >= 0.3 is 6.18 Å². The molecule has 2 aromatic carbocycles. The molecule has 1 aliphatic carbocycles. The molecule has 0 saturated carbocycles. The van der Waals surface area contributed by atoms with E-state index in [2.05, 4.69) is 15.6 Å². The number of halogens is 3. The van der Waals surface area contributed by atoms with Crippen LogP contribution >= 0.6 is 0 Å². The number of alkyl halides is 3. The summed E-state index contributed by atoms with van der Waals surface area (Å²) in [5.41, 5.74) is 1.76. The number of nitrogens with zero attached hydrogens (tertiary/aromatic N) is 2. The molecule has 10 heteroatoms. The van der Waals surface area contributed by atoms with Gasteiger partial charge in [0.05, 0.1) is 17.0 Å². The van der Waals surface area contributed by atoms with Crippen LogP contribution in [0.5, 0.6) is 0 Å². The largest absolute Gasteiger partial charge is 0.416 e. The molecule has 212 valence electrons. The average Bonchev–Trinajstić information content (AvgIpc) is 3.43. The molecule has 3 aromatic rings. The van der Waals surface area contributed by atoms with E-state index in [1.807, 2.05) is 38.1 Å². The monoisotopic (exact) mass is 562 g/mol. The molecular weight excluding hydrogens is 533 g/mol. The predicted octanol–water partition coefficient (Wildman–Crippen LogP) is 5.42. The van der Waals surface area contributed by atoms with Crippen LogP contribution < -0.4 is 10.6 Å². The first-order valence-electron chi connectivity index (χ1n) is 13.5. The van der Waals surface area contributed by atoms with Crippen LogP contribution in [0.4, 0.5) is 24.7 Å². The summed E-state index contributed by atoms with van der Waals surface area (Å²) in [5, 5.41) is 5.77. The van der Waals surface area contributed by atoms with E-state index in [0.717, 1.165) is 28.8 Å². The second-order valence-corrected chi connectivity index (χ2v) is 11.8. The third-order valence-corrected chi connectivity index (χ3v) is 8.66. The number of anilines is 2. The van der Waals surface area contributed by atoms with Gasteiger partial charge in [-0.25, -0.2) is 4.98 Å². The van der Waals surface area contributed by atoms with Gasteiger partial charge in [0.1, 0.15) is 12.4 Å². The van der Waals surface area contributed by atoms with Gasteiger partial charge in [-0.3, -0.25) is 14.4 Å². The van der Waals surface area contributed by atoms with Crippen molar-refractivity contribution in [1.29, 1.82) is 0 Å². The van der Waals surface area contributed by atoms with Gasteiger partial charge in [0.2, 0.25) is 17.7 Å². The first-order chi connectivity index (χ1) is 19.4. The molecule has 0 bridgehead atoms. The van der Waals surface area contributed by atoms with E-state index in [9.17, 15) is 27.6 Å². The Morgan fingerprint density at radius 3 is 2.54 bits per heavy atom. The number of piperidine rings is 1. The maximum Gasteiger partial charge on any atom is 0.416 e. The van der Waals surface area contributed by atoms with Crippen molar-refractivity contribution in [3.63, 3.8) is 0 Å². The lowest BCUT2D eigenvalue weighted by Crippen LogP contribution is -2.50. The van der Waals surface area contributed by atoms with Crippen molar-refractivity contribution in [3.05, 3.63) is 88.6 Å². The summed E-state index contributed by atoms with van der Waals surface area (Å²) in [5.74, 6) is -0.142. The summed E-state index contributed by atoms with van der Waals surface area (Å²) < 4.78 is 39.3. The number of amides is 3. The number of carbonyl (C=O) groups excluding carboxylic acids is 3. The van der Waals surface area contributed by atoms with Gasteiger partial charge in [-0.05, 0) is 72.7 Å². The van der Waals surface area contributed by atoms with Gasteiger partial charge < -0.3 is 15.5 Å². The van der Waals surface area contributed by atoms with Crippen LogP contribution in [0.25, 0.3) is 0 Å². The fraction of sp³-hybridized carbons (Fsp3) is 0.355. The Morgan fingerprint density at radius 2 is 1.80 bits per heavy atom. The van der Waals surface area contributed by atoms with Gasteiger partial charge in [-0.1, -0.05) is 38.1 Å². The summed E-state index contributed by atoms with van der Waals surface area (Å²) in [6.07, 6.45) is -0.728. The molecule has 3 amide bonds. The summed E-state index contributed by atoms with van der Waals surface area (Å²) in [7, 11) is 0. The Kier molecular flexibility index (Phi) is 6.20. The normalized spacial score (nSPS) is 22.9. The lowest BCUT2D eigenvalue weighted by Gasteiger charge is -2.43. The highest BCUT2D eigenvalue weighted by Crippen LogP contribution is 2.47. The highest BCUT2D eigenvalue weighted by molar-refractivity contribution is 6.06. The Labute approximate surface area is 235 Å². The van der Waals surface area contributed by atoms with Crippen LogP contribution in [0.2, 0.25) is 0 Å². The van der Waals surface area contributed by atoms with E-state index in [1.54, 1.807) is 12.3 Å². The molecule has 1 aromatic heterocycles. The number of pyridine rings is 1. The lowest BCUT2D eigenvalue weighted by atomic mass is 9.78. The highest BCUT2D eigenvalue weighted by Gasteiger charge is 2.51. The first-order valence-corrected chi connectivity index (χ1v) is 13.5. The van der Waals surface area contributed by atoms with Crippen LogP contribution in [0.1, 0.15) is 60.5 Å². The lowest BCUT2D eigenvalue weighted by molar-refractivity contribution is -0.150. The van der Waals surface area contributed by atoms with Crippen molar-refractivity contribution in [2.45, 2.75) is 57.2 Å². The van der Waals surface area contributed by atoms with E-state index < -0.39 is 34.5 Å². The molecule has 41 heavy (non-hydrogen) atoms. The zero-order valence-electron chi connectivity index (χ0n) is 22.6. The van der Waals surface area contributed by atoms with Crippen molar-refractivity contribution >= 4 is 29.2 Å². The molecule has 1 saturated heterocycles. The molecule has 2 aliphatic heterocycles. The molecule has 1 fully saturated rings. The predicted molar refractivity (Wildman–Crippen MR) is 146 cm³/mol. The van der Waals surface area contributed by atoms with Gasteiger partial charge in [0, 0.05) is 22.9 Å². The van der Waals surface area contributed by atoms with Crippen molar-refractivity contribution in [2.24, 2.45) is 5.41 Å². The van der Waals surface area contributed by atoms with Crippen molar-refractivity contribution in [3.8, 4) is 0 Å². The fourth-order valence-corrected chi connectivity index (χ4v) is 6.41. The molecule has 2 atom stereocenters. The minimum atomic E-state index is -4.46. The van der Waals surface area contributed by atoms with E-state index in [-0.39, 0.29) is 18.4 Å². The fourth-order valence-electron chi connectivity index (χ4n) is 6.41. The summed E-state index contributed by atoms with van der Waals surface area (Å²) in [6.45, 7) is 3.38. The van der Waals surface area contributed by atoms with Crippen LogP contribution in [-0.4, -0.2) is 34.2 Å². The maximum absolute atomic E-state index is 13.4.